The molecule has 1 radical (unpaired) electrons. The van der Waals surface area contributed by atoms with Crippen LogP contribution in [0.25, 0.3) is 22.5 Å². The first kappa shape index (κ1) is 22.6. The first-order valence-electron chi connectivity index (χ1n) is 11.2. The molecule has 0 saturated heterocycles. The molecule has 2 aliphatic rings. The van der Waals surface area contributed by atoms with Gasteiger partial charge in [0.15, 0.2) is 0 Å². The number of fused-ring (bicyclic) bond motifs is 2. The van der Waals surface area contributed by atoms with Gasteiger partial charge in [0.1, 0.15) is 0 Å². The van der Waals surface area contributed by atoms with E-state index in [1.807, 2.05) is 60.7 Å². The van der Waals surface area contributed by atoms with E-state index in [2.05, 4.69) is 46.5 Å². The molecular weight excluding hydrogens is 569 g/mol. The molecule has 2 bridgehead atoms. The summed E-state index contributed by atoms with van der Waals surface area (Å²) in [5, 5.41) is 0. The third kappa shape index (κ3) is 5.23. The minimum atomic E-state index is 0. The van der Waals surface area contributed by atoms with Crippen molar-refractivity contribution in [3.05, 3.63) is 109 Å². The van der Waals surface area contributed by atoms with Gasteiger partial charge in [0.25, 0.3) is 0 Å². The Morgan fingerprint density at radius 3 is 1.91 bits per heavy atom. The van der Waals surface area contributed by atoms with Crippen molar-refractivity contribution in [2.75, 3.05) is 0 Å². The van der Waals surface area contributed by atoms with Crippen LogP contribution in [0, 0.1) is 24.0 Å². The standard InChI is InChI=1S/C18H18N.C11H8N.Ir/c1-2-4-14(5-3-1)18-9-8-16(12-19-18)17-11-13-6-7-15(17)10-13;1-2-6-10(7-3-1)11-8-4-5-9-12-11;/h1-4,8-9,12-13,15,17H,6-7,10-11H2;1-6,8-9H;/q2*-1;. The van der Waals surface area contributed by atoms with Gasteiger partial charge in [-0.25, -0.2) is 0 Å². The second kappa shape index (κ2) is 10.8. The molecule has 2 fully saturated rings. The average Bonchev–Trinajstić information content (AvgIpc) is 3.50. The molecule has 4 aromatic rings. The zero-order valence-corrected chi connectivity index (χ0v) is 20.3. The van der Waals surface area contributed by atoms with Crippen molar-refractivity contribution in [3.63, 3.8) is 0 Å². The van der Waals surface area contributed by atoms with Gasteiger partial charge in [0, 0.05) is 32.5 Å². The van der Waals surface area contributed by atoms with Crippen LogP contribution in [-0.2, 0) is 20.1 Å². The van der Waals surface area contributed by atoms with E-state index in [1.54, 1.807) is 6.20 Å². The average molecular weight is 595 g/mol. The van der Waals surface area contributed by atoms with Crippen molar-refractivity contribution in [1.29, 1.82) is 0 Å². The van der Waals surface area contributed by atoms with Gasteiger partial charge in [-0.1, -0.05) is 30.7 Å². The summed E-state index contributed by atoms with van der Waals surface area (Å²) in [6.45, 7) is 0. The first-order chi connectivity index (χ1) is 15.4. The molecule has 3 unspecified atom stereocenters. The number of pyridine rings is 2. The quantitative estimate of drug-likeness (QED) is 0.239. The van der Waals surface area contributed by atoms with Crippen LogP contribution in [0.5, 0.6) is 0 Å². The Kier molecular flexibility index (Phi) is 7.63. The maximum absolute atomic E-state index is 4.65. The third-order valence-electron chi connectivity index (χ3n) is 6.59. The maximum atomic E-state index is 4.65. The monoisotopic (exact) mass is 595 g/mol. The van der Waals surface area contributed by atoms with Gasteiger partial charge < -0.3 is 9.97 Å². The smallest absolute Gasteiger partial charge is 0.0195 e. The molecular formula is C29H26IrN2-2. The van der Waals surface area contributed by atoms with Crippen LogP contribution in [0.3, 0.4) is 0 Å². The van der Waals surface area contributed by atoms with Crippen molar-refractivity contribution >= 4 is 0 Å². The minimum Gasteiger partial charge on any atom is -0.305 e. The van der Waals surface area contributed by atoms with Crippen LogP contribution in [0.4, 0.5) is 0 Å². The molecule has 163 valence electrons. The Labute approximate surface area is 204 Å². The van der Waals surface area contributed by atoms with E-state index in [0.29, 0.717) is 0 Å². The van der Waals surface area contributed by atoms with Crippen molar-refractivity contribution in [3.8, 4) is 22.5 Å². The topological polar surface area (TPSA) is 25.8 Å². The van der Waals surface area contributed by atoms with Gasteiger partial charge in [-0.15, -0.1) is 71.8 Å². The van der Waals surface area contributed by atoms with Crippen LogP contribution in [-0.4, -0.2) is 9.97 Å². The van der Waals surface area contributed by atoms with Gasteiger partial charge in [0.2, 0.25) is 0 Å². The second-order valence-electron chi connectivity index (χ2n) is 8.53. The fourth-order valence-electron chi connectivity index (χ4n) is 5.06. The molecule has 0 spiro atoms. The van der Waals surface area contributed by atoms with Gasteiger partial charge in [-0.05, 0) is 60.0 Å². The third-order valence-corrected chi connectivity index (χ3v) is 6.59. The number of hydrogen-bond donors (Lipinski definition) is 0. The van der Waals surface area contributed by atoms with Crippen molar-refractivity contribution in [2.24, 2.45) is 11.8 Å². The zero-order valence-electron chi connectivity index (χ0n) is 17.9. The largest absolute Gasteiger partial charge is 0.305 e. The molecule has 2 aromatic carbocycles. The van der Waals surface area contributed by atoms with Crippen molar-refractivity contribution in [2.45, 2.75) is 31.6 Å². The molecule has 2 aliphatic carbocycles. The number of aromatic nitrogens is 2. The molecule has 3 heteroatoms. The van der Waals surface area contributed by atoms with Gasteiger partial charge >= 0.3 is 0 Å². The van der Waals surface area contributed by atoms with Crippen molar-refractivity contribution in [1.82, 2.24) is 9.97 Å². The molecule has 0 N–H and O–H groups in total. The number of nitrogens with zero attached hydrogens (tertiary/aromatic N) is 2. The molecule has 2 heterocycles. The number of hydrogen-bond acceptors (Lipinski definition) is 2. The minimum absolute atomic E-state index is 0. The Morgan fingerprint density at radius 2 is 1.41 bits per heavy atom. The molecule has 0 amide bonds. The fraction of sp³-hybridized carbons (Fsp3) is 0.241. The summed E-state index contributed by atoms with van der Waals surface area (Å²) in [6, 6.07) is 32.5. The summed E-state index contributed by atoms with van der Waals surface area (Å²) in [7, 11) is 0. The normalized spacial score (nSPS) is 20.7. The van der Waals surface area contributed by atoms with E-state index in [1.165, 1.54) is 31.2 Å². The Hall–Kier alpha value is -2.61. The SMILES string of the molecule is [Ir].[c-]1ccccc1-c1ccc(C2CC3CCC2C3)cn1.[c-]1ccccc1-c1ccccn1. The van der Waals surface area contributed by atoms with E-state index >= 15 is 0 Å². The summed E-state index contributed by atoms with van der Waals surface area (Å²) < 4.78 is 0. The van der Waals surface area contributed by atoms with E-state index in [9.17, 15) is 0 Å². The maximum Gasteiger partial charge on any atom is 0.0195 e. The summed E-state index contributed by atoms with van der Waals surface area (Å²) in [4.78, 5) is 8.86. The molecule has 0 aliphatic heterocycles. The van der Waals surface area contributed by atoms with E-state index < -0.39 is 0 Å². The van der Waals surface area contributed by atoms with Crippen LogP contribution in [0.2, 0.25) is 0 Å². The predicted molar refractivity (Wildman–Crippen MR) is 125 cm³/mol. The summed E-state index contributed by atoms with van der Waals surface area (Å²) in [5.74, 6) is 2.71. The first-order valence-corrected chi connectivity index (χ1v) is 11.2. The molecule has 3 atom stereocenters. The van der Waals surface area contributed by atoms with Gasteiger partial charge in [-0.2, -0.15) is 0 Å². The molecule has 2 aromatic heterocycles. The Balaban J connectivity index is 0.000000164. The molecule has 32 heavy (non-hydrogen) atoms. The van der Waals surface area contributed by atoms with Crippen LogP contribution in [0.1, 0.15) is 37.2 Å². The summed E-state index contributed by atoms with van der Waals surface area (Å²) in [6.07, 6.45) is 9.63. The Bertz CT molecular complexity index is 1040. The summed E-state index contributed by atoms with van der Waals surface area (Å²) in [5.41, 5.74) is 5.58. The van der Waals surface area contributed by atoms with E-state index in [0.717, 1.165) is 40.3 Å². The zero-order chi connectivity index (χ0) is 20.9. The number of benzene rings is 2. The van der Waals surface area contributed by atoms with E-state index in [-0.39, 0.29) is 20.1 Å². The molecule has 6 rings (SSSR count). The summed E-state index contributed by atoms with van der Waals surface area (Å²) >= 11 is 0. The number of rotatable bonds is 3. The fourth-order valence-corrected chi connectivity index (χ4v) is 5.06. The van der Waals surface area contributed by atoms with Crippen LogP contribution in [0.15, 0.2) is 91.3 Å². The Morgan fingerprint density at radius 1 is 0.688 bits per heavy atom. The van der Waals surface area contributed by atoms with Crippen molar-refractivity contribution < 1.29 is 20.1 Å². The van der Waals surface area contributed by atoms with Gasteiger partial charge in [0.05, 0.1) is 0 Å². The molecule has 2 nitrogen and oxygen atoms in total. The van der Waals surface area contributed by atoms with Crippen LogP contribution >= 0.6 is 0 Å². The predicted octanol–water partition coefficient (Wildman–Crippen LogP) is 7.00. The molecule has 2 saturated carbocycles. The van der Waals surface area contributed by atoms with E-state index in [4.69, 9.17) is 0 Å². The second-order valence-corrected chi connectivity index (χ2v) is 8.53. The van der Waals surface area contributed by atoms with Crippen LogP contribution < -0.4 is 0 Å². The van der Waals surface area contributed by atoms with Gasteiger partial charge in [-0.3, -0.25) is 0 Å².